The molecule has 0 aliphatic carbocycles. The van der Waals surface area contributed by atoms with Gasteiger partial charge in [-0.3, -0.25) is 0 Å². The van der Waals surface area contributed by atoms with Gasteiger partial charge >= 0.3 is 6.18 Å². The number of nitrogens with one attached hydrogen (secondary N) is 1. The van der Waals surface area contributed by atoms with Crippen molar-refractivity contribution in [3.8, 4) is 5.75 Å². The Bertz CT molecular complexity index is 374. The Labute approximate surface area is 118 Å². The zero-order valence-corrected chi connectivity index (χ0v) is 12.0. The van der Waals surface area contributed by atoms with Crippen LogP contribution in [0.25, 0.3) is 0 Å². The van der Waals surface area contributed by atoms with Gasteiger partial charge in [0, 0.05) is 13.0 Å². The highest BCUT2D eigenvalue weighted by atomic mass is 19.4. The van der Waals surface area contributed by atoms with Gasteiger partial charge in [0.25, 0.3) is 0 Å². The molecule has 0 radical (unpaired) electrons. The van der Waals surface area contributed by atoms with Crippen LogP contribution in [0.3, 0.4) is 0 Å². The van der Waals surface area contributed by atoms with Gasteiger partial charge in [-0.05, 0) is 36.6 Å². The molecule has 0 aliphatic heterocycles. The van der Waals surface area contributed by atoms with Crippen LogP contribution in [-0.2, 0) is 6.54 Å². The second kappa shape index (κ2) is 8.15. The van der Waals surface area contributed by atoms with Crippen LogP contribution >= 0.6 is 0 Å². The van der Waals surface area contributed by atoms with E-state index in [2.05, 4.69) is 19.2 Å². The Morgan fingerprint density at radius 3 is 2.35 bits per heavy atom. The van der Waals surface area contributed by atoms with Gasteiger partial charge in [0.2, 0.25) is 0 Å². The van der Waals surface area contributed by atoms with E-state index in [-0.39, 0.29) is 13.0 Å². The van der Waals surface area contributed by atoms with Crippen molar-refractivity contribution in [1.82, 2.24) is 5.32 Å². The third-order valence-electron chi connectivity index (χ3n) is 2.68. The molecule has 2 nitrogen and oxygen atoms in total. The second-order valence-electron chi connectivity index (χ2n) is 5.24. The van der Waals surface area contributed by atoms with E-state index < -0.39 is 12.6 Å². The first-order valence-corrected chi connectivity index (χ1v) is 6.86. The molecule has 1 N–H and O–H groups in total. The highest BCUT2D eigenvalue weighted by Gasteiger charge is 2.26. The van der Waals surface area contributed by atoms with Gasteiger partial charge in [0.05, 0.1) is 6.61 Å². The molecule has 1 rings (SSSR count). The molecular formula is C15H22F3NO. The van der Waals surface area contributed by atoms with Crippen molar-refractivity contribution in [3.05, 3.63) is 29.8 Å². The smallest absolute Gasteiger partial charge is 0.389 e. The van der Waals surface area contributed by atoms with Crippen LogP contribution in [0, 0.1) is 5.92 Å². The topological polar surface area (TPSA) is 21.3 Å². The standard InChI is InChI=1S/C15H22F3NO/c1-12(2)10-19-11-13-4-6-14(7-5-13)20-9-3-8-15(16,17)18/h4-7,12,19H,3,8-11H2,1-2H3. The van der Waals surface area contributed by atoms with E-state index in [1.165, 1.54) is 0 Å². The minimum Gasteiger partial charge on any atom is -0.494 e. The first-order valence-electron chi connectivity index (χ1n) is 6.86. The molecule has 5 heteroatoms. The van der Waals surface area contributed by atoms with Crippen LogP contribution in [0.5, 0.6) is 5.75 Å². The first kappa shape index (κ1) is 16.8. The van der Waals surface area contributed by atoms with E-state index in [4.69, 9.17) is 4.74 Å². The molecule has 114 valence electrons. The summed E-state index contributed by atoms with van der Waals surface area (Å²) < 4.78 is 41.1. The minimum absolute atomic E-state index is 0.0127. The van der Waals surface area contributed by atoms with E-state index in [0.29, 0.717) is 11.7 Å². The maximum atomic E-state index is 11.9. The molecule has 0 fully saturated rings. The van der Waals surface area contributed by atoms with Crippen LogP contribution in [0.2, 0.25) is 0 Å². The molecule has 1 aromatic carbocycles. The number of benzene rings is 1. The van der Waals surface area contributed by atoms with Crippen LogP contribution in [0.15, 0.2) is 24.3 Å². The predicted octanol–water partition coefficient (Wildman–Crippen LogP) is 4.15. The van der Waals surface area contributed by atoms with Gasteiger partial charge in [0.15, 0.2) is 0 Å². The van der Waals surface area contributed by atoms with Gasteiger partial charge in [-0.2, -0.15) is 13.2 Å². The van der Waals surface area contributed by atoms with Gasteiger partial charge in [0.1, 0.15) is 5.75 Å². The first-order chi connectivity index (χ1) is 9.37. The molecule has 0 bridgehead atoms. The molecule has 0 saturated heterocycles. The van der Waals surface area contributed by atoms with Gasteiger partial charge in [-0.15, -0.1) is 0 Å². The zero-order chi connectivity index (χ0) is 15.0. The van der Waals surface area contributed by atoms with Crippen LogP contribution < -0.4 is 10.1 Å². The summed E-state index contributed by atoms with van der Waals surface area (Å²) in [4.78, 5) is 0. The summed E-state index contributed by atoms with van der Waals surface area (Å²) in [5.41, 5.74) is 1.13. The maximum absolute atomic E-state index is 11.9. The van der Waals surface area contributed by atoms with Crippen molar-refractivity contribution in [1.29, 1.82) is 0 Å². The Hall–Kier alpha value is -1.23. The van der Waals surface area contributed by atoms with Gasteiger partial charge < -0.3 is 10.1 Å². The van der Waals surface area contributed by atoms with E-state index in [1.54, 1.807) is 12.1 Å². The number of alkyl halides is 3. The van der Waals surface area contributed by atoms with Crippen molar-refractivity contribution < 1.29 is 17.9 Å². The van der Waals surface area contributed by atoms with Gasteiger partial charge in [-0.25, -0.2) is 0 Å². The van der Waals surface area contributed by atoms with Crippen molar-refractivity contribution >= 4 is 0 Å². The Balaban J connectivity index is 2.25. The third-order valence-corrected chi connectivity index (χ3v) is 2.68. The summed E-state index contributed by atoms with van der Waals surface area (Å²) in [5, 5.41) is 3.32. The average molecular weight is 289 g/mol. The van der Waals surface area contributed by atoms with Crippen LogP contribution in [-0.4, -0.2) is 19.3 Å². The molecule has 0 atom stereocenters. The van der Waals surface area contributed by atoms with Crippen molar-refractivity contribution in [3.63, 3.8) is 0 Å². The zero-order valence-electron chi connectivity index (χ0n) is 12.0. The monoisotopic (exact) mass is 289 g/mol. The lowest BCUT2D eigenvalue weighted by molar-refractivity contribution is -0.136. The summed E-state index contributed by atoms with van der Waals surface area (Å²) in [6.45, 7) is 6.11. The van der Waals surface area contributed by atoms with Crippen molar-refractivity contribution in [2.24, 2.45) is 5.92 Å². The molecule has 0 saturated carbocycles. The Morgan fingerprint density at radius 1 is 1.15 bits per heavy atom. The number of rotatable bonds is 8. The summed E-state index contributed by atoms with van der Waals surface area (Å²) in [6.07, 6.45) is -4.92. The average Bonchev–Trinajstić information content (AvgIpc) is 2.35. The van der Waals surface area contributed by atoms with Crippen molar-refractivity contribution in [2.75, 3.05) is 13.2 Å². The lowest BCUT2D eigenvalue weighted by Gasteiger charge is -2.10. The second-order valence-corrected chi connectivity index (χ2v) is 5.24. The fourth-order valence-corrected chi connectivity index (χ4v) is 1.67. The van der Waals surface area contributed by atoms with E-state index >= 15 is 0 Å². The molecular weight excluding hydrogens is 267 g/mol. The number of hydrogen-bond donors (Lipinski definition) is 1. The maximum Gasteiger partial charge on any atom is 0.389 e. The number of halogens is 3. The molecule has 0 heterocycles. The number of ether oxygens (including phenoxy) is 1. The number of hydrogen-bond acceptors (Lipinski definition) is 2. The molecule has 20 heavy (non-hydrogen) atoms. The summed E-state index contributed by atoms with van der Waals surface area (Å²) in [6, 6.07) is 7.43. The van der Waals surface area contributed by atoms with E-state index in [9.17, 15) is 13.2 Å². The molecule has 0 aliphatic rings. The van der Waals surface area contributed by atoms with E-state index in [0.717, 1.165) is 18.7 Å². The fourth-order valence-electron chi connectivity index (χ4n) is 1.67. The third kappa shape index (κ3) is 8.04. The highest BCUT2D eigenvalue weighted by molar-refractivity contribution is 5.27. The molecule has 0 spiro atoms. The molecule has 0 aromatic heterocycles. The highest BCUT2D eigenvalue weighted by Crippen LogP contribution is 2.21. The minimum atomic E-state index is -4.10. The Morgan fingerprint density at radius 2 is 1.80 bits per heavy atom. The van der Waals surface area contributed by atoms with Crippen LogP contribution in [0.1, 0.15) is 32.3 Å². The Kier molecular flexibility index (Phi) is 6.85. The largest absolute Gasteiger partial charge is 0.494 e. The lowest BCUT2D eigenvalue weighted by atomic mass is 10.2. The SMILES string of the molecule is CC(C)CNCc1ccc(OCCCC(F)(F)F)cc1. The molecule has 0 unspecified atom stereocenters. The normalized spacial score (nSPS) is 11.9. The summed E-state index contributed by atoms with van der Waals surface area (Å²) in [5.74, 6) is 1.21. The molecule has 0 amide bonds. The predicted molar refractivity (Wildman–Crippen MR) is 73.8 cm³/mol. The van der Waals surface area contributed by atoms with E-state index in [1.807, 2.05) is 12.1 Å². The summed E-state index contributed by atoms with van der Waals surface area (Å²) in [7, 11) is 0. The van der Waals surface area contributed by atoms with Crippen LogP contribution in [0.4, 0.5) is 13.2 Å². The van der Waals surface area contributed by atoms with Crippen molar-refractivity contribution in [2.45, 2.75) is 39.4 Å². The van der Waals surface area contributed by atoms with Gasteiger partial charge in [-0.1, -0.05) is 26.0 Å². The quantitative estimate of drug-likeness (QED) is 0.726. The molecule has 1 aromatic rings. The summed E-state index contributed by atoms with van der Waals surface area (Å²) >= 11 is 0. The lowest BCUT2D eigenvalue weighted by Crippen LogP contribution is -2.18. The fraction of sp³-hybridized carbons (Fsp3) is 0.600.